The molecule has 1 unspecified atom stereocenters. The minimum atomic E-state index is -0.238. The fourth-order valence-electron chi connectivity index (χ4n) is 4.54. The highest BCUT2D eigenvalue weighted by atomic mass is 32.1. The van der Waals surface area contributed by atoms with Gasteiger partial charge in [-0.15, -0.1) is 11.3 Å². The first-order chi connectivity index (χ1) is 14.2. The number of hydrogen-bond donors (Lipinski definition) is 1. The van der Waals surface area contributed by atoms with Gasteiger partial charge in [0.1, 0.15) is 10.8 Å². The van der Waals surface area contributed by atoms with Crippen LogP contribution in [0.3, 0.4) is 0 Å². The van der Waals surface area contributed by atoms with E-state index in [1.54, 1.807) is 20.4 Å². The van der Waals surface area contributed by atoms with Gasteiger partial charge in [-0.2, -0.15) is 0 Å². The largest absolute Gasteiger partial charge is 0.496 e. The first kappa shape index (κ1) is 22.7. The highest BCUT2D eigenvalue weighted by Crippen LogP contribution is 2.46. The molecule has 1 amide bonds. The number of carbonyl (C=O) groups excluding carboxylic acids is 1. The van der Waals surface area contributed by atoms with E-state index in [-0.39, 0.29) is 41.8 Å². The van der Waals surface area contributed by atoms with E-state index in [4.69, 9.17) is 9.47 Å². The minimum absolute atomic E-state index is 0.00681. The molecule has 1 aromatic heterocycles. The number of rotatable bonds is 6. The molecule has 0 spiro atoms. The molecule has 30 heavy (non-hydrogen) atoms. The number of thiazole rings is 1. The molecule has 4 atom stereocenters. The predicted octanol–water partition coefficient (Wildman–Crippen LogP) is 3.91. The summed E-state index contributed by atoms with van der Waals surface area (Å²) in [5.74, 6) is 0.510. The van der Waals surface area contributed by atoms with Crippen molar-refractivity contribution >= 4 is 17.2 Å². The van der Waals surface area contributed by atoms with Gasteiger partial charge in [0.2, 0.25) is 0 Å². The highest BCUT2D eigenvalue weighted by Gasteiger charge is 2.50. The topological polar surface area (TPSA) is 71.9 Å². The van der Waals surface area contributed by atoms with Crippen molar-refractivity contribution < 1.29 is 19.4 Å². The second-order valence-corrected chi connectivity index (χ2v) is 9.83. The van der Waals surface area contributed by atoms with Crippen molar-refractivity contribution in [3.63, 3.8) is 0 Å². The molecule has 0 saturated carbocycles. The SMILES string of the molecule is COC[C@H]1[C@H](CO)C(C)N(C(=O)c2ccc(C(C)(C)C)c(OC)c2)[C@H]1c1nccs1. The number of hydrogen-bond acceptors (Lipinski definition) is 6. The summed E-state index contributed by atoms with van der Waals surface area (Å²) in [6, 6.07) is 5.28. The van der Waals surface area contributed by atoms with Crippen molar-refractivity contribution in [2.75, 3.05) is 27.4 Å². The maximum absolute atomic E-state index is 13.7. The Labute approximate surface area is 182 Å². The number of aliphatic hydroxyl groups excluding tert-OH is 1. The van der Waals surface area contributed by atoms with E-state index in [9.17, 15) is 9.90 Å². The summed E-state index contributed by atoms with van der Waals surface area (Å²) >= 11 is 1.53. The van der Waals surface area contributed by atoms with E-state index in [0.717, 1.165) is 10.6 Å². The fourth-order valence-corrected chi connectivity index (χ4v) is 5.35. The monoisotopic (exact) mass is 432 g/mol. The molecule has 0 radical (unpaired) electrons. The molecular weight excluding hydrogens is 400 g/mol. The third-order valence-electron chi connectivity index (χ3n) is 6.08. The first-order valence-corrected chi connectivity index (χ1v) is 11.1. The van der Waals surface area contributed by atoms with E-state index >= 15 is 0 Å². The smallest absolute Gasteiger partial charge is 0.254 e. The van der Waals surface area contributed by atoms with E-state index < -0.39 is 0 Å². The van der Waals surface area contributed by atoms with Gasteiger partial charge in [-0.1, -0.05) is 26.8 Å². The van der Waals surface area contributed by atoms with Crippen LogP contribution in [0.15, 0.2) is 29.8 Å². The molecule has 0 bridgehead atoms. The number of amides is 1. The number of benzene rings is 1. The number of ether oxygens (including phenoxy) is 2. The third kappa shape index (κ3) is 4.11. The lowest BCUT2D eigenvalue weighted by molar-refractivity contribution is 0.0627. The Kier molecular flexibility index (Phi) is 6.84. The van der Waals surface area contributed by atoms with Crippen molar-refractivity contribution in [3.8, 4) is 5.75 Å². The molecule has 2 heterocycles. The maximum Gasteiger partial charge on any atom is 0.254 e. The second-order valence-electron chi connectivity index (χ2n) is 8.90. The fraction of sp³-hybridized carbons (Fsp3) is 0.565. The first-order valence-electron chi connectivity index (χ1n) is 10.2. The molecule has 6 nitrogen and oxygen atoms in total. The molecule has 3 rings (SSSR count). The van der Waals surface area contributed by atoms with Crippen LogP contribution in [0.2, 0.25) is 0 Å². The van der Waals surface area contributed by atoms with Crippen LogP contribution >= 0.6 is 11.3 Å². The van der Waals surface area contributed by atoms with Gasteiger partial charge in [0.05, 0.1) is 19.8 Å². The van der Waals surface area contributed by atoms with Gasteiger partial charge < -0.3 is 19.5 Å². The molecule has 1 N–H and O–H groups in total. The lowest BCUT2D eigenvalue weighted by atomic mass is 9.85. The molecule has 1 fully saturated rings. The molecule has 1 aliphatic rings. The molecule has 2 aromatic rings. The van der Waals surface area contributed by atoms with Crippen LogP contribution in [0.1, 0.15) is 54.7 Å². The third-order valence-corrected chi connectivity index (χ3v) is 6.93. The number of likely N-dealkylation sites (tertiary alicyclic amines) is 1. The van der Waals surface area contributed by atoms with Gasteiger partial charge in [-0.3, -0.25) is 4.79 Å². The van der Waals surface area contributed by atoms with E-state index in [1.807, 2.05) is 35.4 Å². The Balaban J connectivity index is 2.04. The minimum Gasteiger partial charge on any atom is -0.496 e. The molecule has 0 aliphatic carbocycles. The van der Waals surface area contributed by atoms with Gasteiger partial charge in [0.15, 0.2) is 0 Å². The average molecular weight is 433 g/mol. The lowest BCUT2D eigenvalue weighted by Gasteiger charge is -2.30. The highest BCUT2D eigenvalue weighted by molar-refractivity contribution is 7.09. The van der Waals surface area contributed by atoms with Crippen molar-refractivity contribution in [2.45, 2.75) is 45.2 Å². The number of nitrogens with zero attached hydrogens (tertiary/aromatic N) is 2. The van der Waals surface area contributed by atoms with Gasteiger partial charge in [-0.25, -0.2) is 4.98 Å². The number of methoxy groups -OCH3 is 2. The Morgan fingerprint density at radius 1 is 1.27 bits per heavy atom. The summed E-state index contributed by atoms with van der Waals surface area (Å²) in [6.45, 7) is 8.80. The zero-order valence-corrected chi connectivity index (χ0v) is 19.4. The predicted molar refractivity (Wildman–Crippen MR) is 118 cm³/mol. The maximum atomic E-state index is 13.7. The number of aromatic nitrogens is 1. The van der Waals surface area contributed by atoms with Crippen LogP contribution in [0, 0.1) is 11.8 Å². The van der Waals surface area contributed by atoms with Crippen molar-refractivity contribution in [2.24, 2.45) is 11.8 Å². The van der Waals surface area contributed by atoms with Gasteiger partial charge in [-0.05, 0) is 30.0 Å². The van der Waals surface area contributed by atoms with E-state index in [1.165, 1.54) is 11.3 Å². The average Bonchev–Trinajstić information content (AvgIpc) is 3.32. The Morgan fingerprint density at radius 2 is 2.00 bits per heavy atom. The normalized spacial score (nSPS) is 24.3. The zero-order chi connectivity index (χ0) is 22.1. The second kappa shape index (κ2) is 9.04. The van der Waals surface area contributed by atoms with Crippen LogP contribution in [-0.2, 0) is 10.2 Å². The molecule has 1 aromatic carbocycles. The Hall–Kier alpha value is -1.96. The van der Waals surface area contributed by atoms with E-state index in [0.29, 0.717) is 17.9 Å². The Morgan fingerprint density at radius 3 is 2.53 bits per heavy atom. The summed E-state index contributed by atoms with van der Waals surface area (Å²) in [6.07, 6.45) is 1.75. The summed E-state index contributed by atoms with van der Waals surface area (Å²) in [5.41, 5.74) is 1.53. The van der Waals surface area contributed by atoms with Gasteiger partial charge in [0.25, 0.3) is 5.91 Å². The van der Waals surface area contributed by atoms with E-state index in [2.05, 4.69) is 25.8 Å². The number of carbonyl (C=O) groups is 1. The van der Waals surface area contributed by atoms with Crippen molar-refractivity contribution in [1.29, 1.82) is 0 Å². The summed E-state index contributed by atoms with van der Waals surface area (Å²) in [7, 11) is 3.28. The number of aliphatic hydroxyl groups is 1. The Bertz CT molecular complexity index is 863. The summed E-state index contributed by atoms with van der Waals surface area (Å²) < 4.78 is 11.1. The molecule has 7 heteroatoms. The van der Waals surface area contributed by atoms with Crippen molar-refractivity contribution in [1.82, 2.24) is 9.88 Å². The van der Waals surface area contributed by atoms with Crippen LogP contribution in [0.25, 0.3) is 0 Å². The zero-order valence-electron chi connectivity index (χ0n) is 18.6. The lowest BCUT2D eigenvalue weighted by Crippen LogP contribution is -2.38. The standard InChI is InChI=1S/C23H32N2O4S/c1-14-16(12-26)17(13-28-5)20(21-24-9-10-30-21)25(14)22(27)15-7-8-18(23(2,3)4)19(11-15)29-6/h7-11,14,16-17,20,26H,12-13H2,1-6H3/t14?,16-,17+,20-/m1/s1. The molecular formula is C23H32N2O4S. The van der Waals surface area contributed by atoms with Crippen LogP contribution < -0.4 is 4.74 Å². The van der Waals surface area contributed by atoms with Gasteiger partial charge >= 0.3 is 0 Å². The molecule has 1 saturated heterocycles. The van der Waals surface area contributed by atoms with Crippen LogP contribution in [-0.4, -0.2) is 54.4 Å². The molecule has 1 aliphatic heterocycles. The molecule has 164 valence electrons. The van der Waals surface area contributed by atoms with Crippen LogP contribution in [0.5, 0.6) is 5.75 Å². The summed E-state index contributed by atoms with van der Waals surface area (Å²) in [4.78, 5) is 20.1. The quantitative estimate of drug-likeness (QED) is 0.749. The van der Waals surface area contributed by atoms with Crippen molar-refractivity contribution in [3.05, 3.63) is 45.9 Å². The summed E-state index contributed by atoms with van der Waals surface area (Å²) in [5, 5.41) is 12.9. The van der Waals surface area contributed by atoms with Crippen LogP contribution in [0.4, 0.5) is 0 Å². The van der Waals surface area contributed by atoms with Gasteiger partial charge in [0, 0.05) is 48.7 Å².